The number of aliphatic hydroxyl groups excluding tert-OH is 1. The van der Waals surface area contributed by atoms with Crippen molar-refractivity contribution < 1.29 is 5.11 Å². The maximum Gasteiger partial charge on any atom is 0.0631 e. The van der Waals surface area contributed by atoms with E-state index in [4.69, 9.17) is 0 Å². The maximum atomic E-state index is 10.6. The van der Waals surface area contributed by atoms with Crippen LogP contribution in [0.25, 0.3) is 0 Å². The van der Waals surface area contributed by atoms with Gasteiger partial charge in [0.25, 0.3) is 0 Å². The third-order valence-corrected chi connectivity index (χ3v) is 5.71. The molecule has 0 bridgehead atoms. The maximum absolute atomic E-state index is 10.6. The van der Waals surface area contributed by atoms with E-state index in [0.29, 0.717) is 5.92 Å². The van der Waals surface area contributed by atoms with Crippen molar-refractivity contribution in [1.82, 2.24) is 9.80 Å². The fourth-order valence-corrected chi connectivity index (χ4v) is 4.30. The summed E-state index contributed by atoms with van der Waals surface area (Å²) in [6, 6.07) is 0.735. The van der Waals surface area contributed by atoms with E-state index in [0.717, 1.165) is 25.7 Å². The summed E-state index contributed by atoms with van der Waals surface area (Å²) in [5.41, 5.74) is 0.112. The number of hydrogen-bond donors (Lipinski definition) is 1. The fraction of sp³-hybridized carbons (Fsp3) is 1.00. The molecule has 1 N–H and O–H groups in total. The van der Waals surface area contributed by atoms with Crippen molar-refractivity contribution >= 4 is 0 Å². The fourth-order valence-electron chi connectivity index (χ4n) is 4.30. The second kappa shape index (κ2) is 6.76. The average Bonchev–Trinajstić information content (AvgIpc) is 2.85. The van der Waals surface area contributed by atoms with Gasteiger partial charge in [-0.3, -0.25) is 4.90 Å². The van der Waals surface area contributed by atoms with Gasteiger partial charge in [0.2, 0.25) is 0 Å². The molecule has 2 rings (SSSR count). The van der Waals surface area contributed by atoms with Crippen LogP contribution in [0.5, 0.6) is 0 Å². The van der Waals surface area contributed by atoms with Gasteiger partial charge in [-0.1, -0.05) is 34.1 Å². The van der Waals surface area contributed by atoms with Gasteiger partial charge in [-0.15, -0.1) is 0 Å². The normalized spacial score (nSPS) is 34.8. The van der Waals surface area contributed by atoms with E-state index in [2.05, 4.69) is 37.5 Å². The summed E-state index contributed by atoms with van der Waals surface area (Å²) < 4.78 is 0. The van der Waals surface area contributed by atoms with Crippen LogP contribution in [0.4, 0.5) is 0 Å². The monoisotopic (exact) mass is 282 g/mol. The minimum absolute atomic E-state index is 0.112. The first kappa shape index (κ1) is 16.3. The van der Waals surface area contributed by atoms with Crippen LogP contribution < -0.4 is 0 Å². The Morgan fingerprint density at radius 1 is 1.20 bits per heavy atom. The summed E-state index contributed by atoms with van der Waals surface area (Å²) in [7, 11) is 0. The Bertz CT molecular complexity index is 301. The zero-order valence-electron chi connectivity index (χ0n) is 13.9. The van der Waals surface area contributed by atoms with Gasteiger partial charge in [0.15, 0.2) is 0 Å². The molecule has 0 amide bonds. The van der Waals surface area contributed by atoms with E-state index >= 15 is 0 Å². The van der Waals surface area contributed by atoms with E-state index < -0.39 is 0 Å². The highest BCUT2D eigenvalue weighted by molar-refractivity contribution is 4.91. The molecule has 1 aliphatic carbocycles. The molecule has 20 heavy (non-hydrogen) atoms. The molecule has 0 aromatic carbocycles. The van der Waals surface area contributed by atoms with E-state index in [1.54, 1.807) is 0 Å². The molecule has 0 radical (unpaired) electrons. The minimum Gasteiger partial charge on any atom is -0.392 e. The summed E-state index contributed by atoms with van der Waals surface area (Å²) in [6.45, 7) is 14.8. The number of nitrogens with zero attached hydrogens (tertiary/aromatic N) is 2. The molecule has 1 aliphatic heterocycles. The Kier molecular flexibility index (Phi) is 5.49. The van der Waals surface area contributed by atoms with Gasteiger partial charge in [0, 0.05) is 19.1 Å². The molecule has 3 atom stereocenters. The van der Waals surface area contributed by atoms with Gasteiger partial charge in [-0.05, 0) is 50.2 Å². The Morgan fingerprint density at radius 3 is 2.55 bits per heavy atom. The van der Waals surface area contributed by atoms with Crippen molar-refractivity contribution in [3.05, 3.63) is 0 Å². The van der Waals surface area contributed by atoms with Gasteiger partial charge >= 0.3 is 0 Å². The average molecular weight is 282 g/mol. The molecule has 3 unspecified atom stereocenters. The van der Waals surface area contributed by atoms with E-state index in [9.17, 15) is 5.11 Å². The Morgan fingerprint density at radius 2 is 1.90 bits per heavy atom. The molecular weight excluding hydrogens is 248 g/mol. The highest BCUT2D eigenvalue weighted by Crippen LogP contribution is 2.39. The smallest absolute Gasteiger partial charge is 0.0631 e. The van der Waals surface area contributed by atoms with Crippen LogP contribution in [0.3, 0.4) is 0 Å². The highest BCUT2D eigenvalue weighted by atomic mass is 16.3. The van der Waals surface area contributed by atoms with Crippen LogP contribution in [0.1, 0.15) is 53.4 Å². The standard InChI is InChI=1S/C17H34N2O/c1-5-19(6-2)15-9-11-18(13-15)12-14-8-7-10-17(3,4)16(14)20/h14-16,20H,5-13H2,1-4H3. The van der Waals surface area contributed by atoms with E-state index in [1.807, 2.05) is 0 Å². The molecule has 3 nitrogen and oxygen atoms in total. The Labute approximate surface area is 125 Å². The van der Waals surface area contributed by atoms with Crippen molar-refractivity contribution in [2.45, 2.75) is 65.5 Å². The number of hydrogen-bond acceptors (Lipinski definition) is 3. The largest absolute Gasteiger partial charge is 0.392 e. The first-order valence-corrected chi connectivity index (χ1v) is 8.62. The quantitative estimate of drug-likeness (QED) is 0.839. The van der Waals surface area contributed by atoms with Crippen LogP contribution in [-0.4, -0.2) is 59.8 Å². The summed E-state index contributed by atoms with van der Waals surface area (Å²) in [5, 5.41) is 10.6. The van der Waals surface area contributed by atoms with Crippen LogP contribution in [0, 0.1) is 11.3 Å². The summed E-state index contributed by atoms with van der Waals surface area (Å²) in [6.07, 6.45) is 4.84. The minimum atomic E-state index is -0.122. The molecule has 2 aliphatic rings. The lowest BCUT2D eigenvalue weighted by atomic mass is 9.69. The lowest BCUT2D eigenvalue weighted by Crippen LogP contribution is -2.45. The zero-order valence-corrected chi connectivity index (χ0v) is 13.9. The zero-order chi connectivity index (χ0) is 14.8. The molecule has 3 heteroatoms. The summed E-state index contributed by atoms with van der Waals surface area (Å²) >= 11 is 0. The van der Waals surface area contributed by atoms with E-state index in [1.165, 1.54) is 38.8 Å². The van der Waals surface area contributed by atoms with Crippen molar-refractivity contribution in [2.24, 2.45) is 11.3 Å². The van der Waals surface area contributed by atoms with Crippen molar-refractivity contribution in [3.63, 3.8) is 0 Å². The van der Waals surface area contributed by atoms with Crippen LogP contribution >= 0.6 is 0 Å². The number of rotatable bonds is 5. The predicted molar refractivity (Wildman–Crippen MR) is 84.9 cm³/mol. The van der Waals surface area contributed by atoms with E-state index in [-0.39, 0.29) is 11.5 Å². The molecule has 1 saturated carbocycles. The lowest BCUT2D eigenvalue weighted by Gasteiger charge is -2.42. The third kappa shape index (κ3) is 3.55. The predicted octanol–water partition coefficient (Wildman–Crippen LogP) is 2.59. The third-order valence-electron chi connectivity index (χ3n) is 5.71. The van der Waals surface area contributed by atoms with Gasteiger partial charge in [0.05, 0.1) is 6.10 Å². The first-order chi connectivity index (χ1) is 9.47. The Balaban J connectivity index is 1.85. The summed E-state index contributed by atoms with van der Waals surface area (Å²) in [4.78, 5) is 5.18. The topological polar surface area (TPSA) is 26.7 Å². The molecule has 0 aromatic heterocycles. The van der Waals surface area contributed by atoms with Crippen LogP contribution in [0.15, 0.2) is 0 Å². The molecule has 2 fully saturated rings. The number of likely N-dealkylation sites (tertiary alicyclic amines) is 1. The second-order valence-electron chi connectivity index (χ2n) is 7.51. The second-order valence-corrected chi connectivity index (χ2v) is 7.51. The van der Waals surface area contributed by atoms with Crippen molar-refractivity contribution in [3.8, 4) is 0 Å². The molecule has 118 valence electrons. The molecular formula is C17H34N2O. The summed E-state index contributed by atoms with van der Waals surface area (Å²) in [5.74, 6) is 0.481. The molecule has 1 heterocycles. The molecule has 0 aromatic rings. The van der Waals surface area contributed by atoms with Crippen molar-refractivity contribution in [1.29, 1.82) is 0 Å². The van der Waals surface area contributed by atoms with Crippen LogP contribution in [-0.2, 0) is 0 Å². The SMILES string of the molecule is CCN(CC)C1CCN(CC2CCCC(C)(C)C2O)C1. The van der Waals surface area contributed by atoms with Gasteiger partial charge in [-0.2, -0.15) is 0 Å². The number of aliphatic hydroxyl groups is 1. The first-order valence-electron chi connectivity index (χ1n) is 8.62. The van der Waals surface area contributed by atoms with Gasteiger partial charge in [-0.25, -0.2) is 0 Å². The van der Waals surface area contributed by atoms with Gasteiger partial charge < -0.3 is 10.0 Å². The van der Waals surface area contributed by atoms with Crippen molar-refractivity contribution in [2.75, 3.05) is 32.7 Å². The number of likely N-dealkylation sites (N-methyl/N-ethyl adjacent to an activating group) is 1. The highest BCUT2D eigenvalue weighted by Gasteiger charge is 2.39. The molecule has 0 spiro atoms. The lowest BCUT2D eigenvalue weighted by molar-refractivity contribution is -0.0415. The van der Waals surface area contributed by atoms with Gasteiger partial charge in [0.1, 0.15) is 0 Å². The Hall–Kier alpha value is -0.120. The van der Waals surface area contributed by atoms with Crippen LogP contribution in [0.2, 0.25) is 0 Å². The molecule has 1 saturated heterocycles.